The Morgan fingerprint density at radius 3 is 2.35 bits per heavy atom. The number of carbonyl (C=O) groups excluding carboxylic acids is 1. The lowest BCUT2D eigenvalue weighted by Gasteiger charge is -2.22. The van der Waals surface area contributed by atoms with Crippen LogP contribution >= 0.6 is 0 Å². The molecule has 1 amide bonds. The zero-order valence-corrected chi connectivity index (χ0v) is 18.8. The largest absolute Gasteiger partial charge is 0.416 e. The predicted octanol–water partition coefficient (Wildman–Crippen LogP) is 4.15. The summed E-state index contributed by atoms with van der Waals surface area (Å²) < 4.78 is 52.3. The lowest BCUT2D eigenvalue weighted by molar-refractivity contribution is -0.137. The number of carbonyl (C=O) groups is 1. The van der Waals surface area contributed by atoms with E-state index in [-0.39, 0.29) is 29.8 Å². The molecule has 0 aromatic heterocycles. The molecule has 6 nitrogen and oxygen atoms in total. The number of nitrogens with zero attached hydrogens (tertiary/aromatic N) is 1. The Morgan fingerprint density at radius 2 is 1.76 bits per heavy atom. The number of hydrogen-bond donors (Lipinski definition) is 4. The molecule has 1 saturated carbocycles. The van der Waals surface area contributed by atoms with Crippen molar-refractivity contribution in [3.8, 4) is 0 Å². The molecule has 1 fully saturated rings. The van der Waals surface area contributed by atoms with Crippen LogP contribution in [0.2, 0.25) is 0 Å². The Bertz CT molecular complexity index is 1020. The van der Waals surface area contributed by atoms with Gasteiger partial charge in [-0.05, 0) is 67.6 Å². The van der Waals surface area contributed by atoms with E-state index in [2.05, 4.69) is 15.6 Å². The summed E-state index contributed by atoms with van der Waals surface area (Å²) in [5.41, 5.74) is 12.7. The summed E-state index contributed by atoms with van der Waals surface area (Å²) in [5, 5.41) is 5.57. The van der Waals surface area contributed by atoms with Gasteiger partial charge in [0, 0.05) is 11.6 Å². The SMILES string of the molecule is Cc1ccc(C(N)CC(N)NC(=NC2CCCC2)NC(=O)c2ccc(C(F)(F)F)cc2)cc1F. The first-order valence-corrected chi connectivity index (χ1v) is 11.1. The minimum absolute atomic E-state index is 0.00229. The molecule has 3 rings (SSSR count). The van der Waals surface area contributed by atoms with Gasteiger partial charge < -0.3 is 16.8 Å². The van der Waals surface area contributed by atoms with Gasteiger partial charge in [0.2, 0.25) is 0 Å². The minimum Gasteiger partial charge on any atom is -0.341 e. The molecule has 6 N–H and O–H groups in total. The van der Waals surface area contributed by atoms with Gasteiger partial charge in [-0.15, -0.1) is 0 Å². The fourth-order valence-corrected chi connectivity index (χ4v) is 3.80. The Morgan fingerprint density at radius 1 is 1.12 bits per heavy atom. The molecule has 2 aromatic carbocycles. The van der Waals surface area contributed by atoms with Gasteiger partial charge in [-0.25, -0.2) is 9.38 Å². The van der Waals surface area contributed by atoms with Gasteiger partial charge in [-0.1, -0.05) is 25.0 Å². The Hall–Kier alpha value is -2.98. The number of guanidine groups is 1. The number of rotatable bonds is 6. The normalized spacial score (nSPS) is 16.9. The molecule has 0 heterocycles. The van der Waals surface area contributed by atoms with Crippen LogP contribution in [-0.4, -0.2) is 24.1 Å². The average molecular weight is 480 g/mol. The first-order chi connectivity index (χ1) is 16.0. The van der Waals surface area contributed by atoms with Crippen LogP contribution < -0.4 is 22.1 Å². The van der Waals surface area contributed by atoms with Crippen molar-refractivity contribution in [1.82, 2.24) is 10.6 Å². The molecule has 1 aliphatic rings. The number of amides is 1. The van der Waals surface area contributed by atoms with Crippen LogP contribution in [0.5, 0.6) is 0 Å². The maximum absolute atomic E-state index is 13.9. The van der Waals surface area contributed by atoms with E-state index < -0.39 is 29.9 Å². The van der Waals surface area contributed by atoms with E-state index in [0.29, 0.717) is 11.1 Å². The van der Waals surface area contributed by atoms with Crippen molar-refractivity contribution in [3.63, 3.8) is 0 Å². The maximum atomic E-state index is 13.9. The third kappa shape index (κ3) is 7.01. The van der Waals surface area contributed by atoms with E-state index >= 15 is 0 Å². The van der Waals surface area contributed by atoms with Crippen molar-refractivity contribution < 1.29 is 22.4 Å². The number of benzene rings is 2. The molecule has 2 atom stereocenters. The van der Waals surface area contributed by atoms with Crippen molar-refractivity contribution in [2.24, 2.45) is 16.5 Å². The highest BCUT2D eigenvalue weighted by molar-refractivity contribution is 6.05. The standard InChI is InChI=1S/C24H29F4N5O/c1-14-6-7-16(12-19(14)25)20(29)13-21(30)32-23(31-18-4-2-3-5-18)33-22(34)15-8-10-17(11-9-15)24(26,27)28/h6-12,18,20-21H,2-5,13,29-30H2,1H3,(H2,31,32,33,34). The summed E-state index contributed by atoms with van der Waals surface area (Å²) in [5.74, 6) is -0.844. The molecule has 0 aliphatic heterocycles. The third-order valence-electron chi connectivity index (χ3n) is 5.80. The molecular formula is C24H29F4N5O. The van der Waals surface area contributed by atoms with Crippen molar-refractivity contribution in [1.29, 1.82) is 0 Å². The van der Waals surface area contributed by atoms with Crippen LogP contribution in [0, 0.1) is 12.7 Å². The summed E-state index contributed by atoms with van der Waals surface area (Å²) >= 11 is 0. The average Bonchev–Trinajstić information content (AvgIpc) is 3.28. The summed E-state index contributed by atoms with van der Waals surface area (Å²) in [6, 6.07) is 8.09. The van der Waals surface area contributed by atoms with Gasteiger partial charge in [-0.3, -0.25) is 10.1 Å². The zero-order valence-electron chi connectivity index (χ0n) is 18.8. The molecular weight excluding hydrogens is 450 g/mol. The fourth-order valence-electron chi connectivity index (χ4n) is 3.80. The third-order valence-corrected chi connectivity index (χ3v) is 5.80. The van der Waals surface area contributed by atoms with E-state index in [4.69, 9.17) is 11.5 Å². The summed E-state index contributed by atoms with van der Waals surface area (Å²) in [4.78, 5) is 17.2. The van der Waals surface area contributed by atoms with Crippen LogP contribution in [0.3, 0.4) is 0 Å². The van der Waals surface area contributed by atoms with Crippen LogP contribution in [0.15, 0.2) is 47.5 Å². The number of aryl methyl sites for hydroxylation is 1. The molecule has 10 heteroatoms. The molecule has 2 unspecified atom stereocenters. The minimum atomic E-state index is -4.49. The van der Waals surface area contributed by atoms with Gasteiger partial charge >= 0.3 is 6.18 Å². The number of nitrogens with one attached hydrogen (secondary N) is 2. The predicted molar refractivity (Wildman–Crippen MR) is 122 cm³/mol. The van der Waals surface area contributed by atoms with Crippen LogP contribution in [0.4, 0.5) is 17.6 Å². The number of alkyl halides is 3. The fraction of sp³-hybridized carbons (Fsp3) is 0.417. The quantitative estimate of drug-likeness (QED) is 0.216. The molecule has 0 spiro atoms. The molecule has 34 heavy (non-hydrogen) atoms. The van der Waals surface area contributed by atoms with Crippen molar-refractivity contribution >= 4 is 11.9 Å². The number of nitrogens with two attached hydrogens (primary N) is 2. The van der Waals surface area contributed by atoms with Crippen molar-refractivity contribution in [2.45, 2.75) is 63.5 Å². The molecule has 1 aliphatic carbocycles. The van der Waals surface area contributed by atoms with E-state index in [9.17, 15) is 22.4 Å². The lowest BCUT2D eigenvalue weighted by atomic mass is 10.0. The van der Waals surface area contributed by atoms with E-state index in [1.54, 1.807) is 19.1 Å². The Labute approximate surface area is 195 Å². The summed E-state index contributed by atoms with van der Waals surface area (Å²) in [7, 11) is 0. The van der Waals surface area contributed by atoms with E-state index in [1.807, 2.05) is 0 Å². The first kappa shape index (κ1) is 25.6. The van der Waals surface area contributed by atoms with E-state index in [0.717, 1.165) is 49.9 Å². The highest BCUT2D eigenvalue weighted by Gasteiger charge is 2.30. The zero-order chi connectivity index (χ0) is 24.9. The lowest BCUT2D eigenvalue weighted by Crippen LogP contribution is -2.50. The first-order valence-electron chi connectivity index (χ1n) is 11.1. The number of halogens is 4. The molecule has 0 saturated heterocycles. The van der Waals surface area contributed by atoms with Gasteiger partial charge in [0.15, 0.2) is 5.96 Å². The Kier molecular flexibility index (Phi) is 8.27. The van der Waals surface area contributed by atoms with E-state index in [1.165, 1.54) is 6.07 Å². The molecule has 184 valence electrons. The van der Waals surface area contributed by atoms with Gasteiger partial charge in [-0.2, -0.15) is 13.2 Å². The molecule has 2 aromatic rings. The number of aliphatic imine (C=N–C) groups is 1. The molecule has 0 radical (unpaired) electrons. The van der Waals surface area contributed by atoms with Gasteiger partial charge in [0.05, 0.1) is 17.8 Å². The second kappa shape index (κ2) is 11.0. The van der Waals surface area contributed by atoms with Gasteiger partial charge in [0.1, 0.15) is 5.82 Å². The maximum Gasteiger partial charge on any atom is 0.416 e. The highest BCUT2D eigenvalue weighted by Crippen LogP contribution is 2.29. The topological polar surface area (TPSA) is 106 Å². The number of hydrogen-bond acceptors (Lipinski definition) is 4. The summed E-state index contributed by atoms with van der Waals surface area (Å²) in [6.45, 7) is 1.66. The monoisotopic (exact) mass is 479 g/mol. The van der Waals surface area contributed by atoms with Crippen LogP contribution in [0.1, 0.15) is 65.2 Å². The second-order valence-corrected chi connectivity index (χ2v) is 8.55. The second-order valence-electron chi connectivity index (χ2n) is 8.55. The van der Waals surface area contributed by atoms with Crippen molar-refractivity contribution in [2.75, 3.05) is 0 Å². The highest BCUT2D eigenvalue weighted by atomic mass is 19.4. The molecule has 0 bridgehead atoms. The van der Waals surface area contributed by atoms with Crippen molar-refractivity contribution in [3.05, 3.63) is 70.5 Å². The van der Waals surface area contributed by atoms with Gasteiger partial charge in [0.25, 0.3) is 5.91 Å². The van der Waals surface area contributed by atoms with Crippen LogP contribution in [0.25, 0.3) is 0 Å². The van der Waals surface area contributed by atoms with Crippen LogP contribution in [-0.2, 0) is 6.18 Å². The Balaban J connectivity index is 1.69. The smallest absolute Gasteiger partial charge is 0.341 e. The summed E-state index contributed by atoms with van der Waals surface area (Å²) in [6.07, 6.45) is -1.22.